The fourth-order valence-electron chi connectivity index (χ4n) is 1.88. The topological polar surface area (TPSA) is 219 Å². The van der Waals surface area contributed by atoms with Crippen molar-refractivity contribution in [1.29, 1.82) is 0 Å². The highest BCUT2D eigenvalue weighted by atomic mass is 16.1. The molecule has 4 aromatic rings. The van der Waals surface area contributed by atoms with Gasteiger partial charge in [0.1, 0.15) is 0 Å². The number of nitrogens with one attached hydrogen (secondary N) is 4. The van der Waals surface area contributed by atoms with Crippen LogP contribution in [-0.2, 0) is 0 Å². The van der Waals surface area contributed by atoms with Crippen LogP contribution >= 0.6 is 0 Å². The number of hydrazine groups is 2. The molecule has 0 aliphatic carbocycles. The summed E-state index contributed by atoms with van der Waals surface area (Å²) in [5, 5.41) is 0. The third-order valence-electron chi connectivity index (χ3n) is 2.96. The maximum absolute atomic E-state index is 11.3. The second kappa shape index (κ2) is 7.24. The normalized spacial score (nSPS) is 10.2. The molecule has 14 heteroatoms. The number of nitrogens with two attached hydrogens (primary N) is 2. The first-order valence-corrected chi connectivity index (χ1v) is 6.97. The van der Waals surface area contributed by atoms with Gasteiger partial charge in [0.05, 0.1) is 0 Å². The number of rotatable bonds is 2. The fraction of sp³-hybridized carbons (Fsp3) is 0. The average Bonchev–Trinajstić information content (AvgIpc) is 2.68. The van der Waals surface area contributed by atoms with Crippen molar-refractivity contribution in [1.82, 2.24) is 39.9 Å². The summed E-state index contributed by atoms with van der Waals surface area (Å²) in [6.45, 7) is 0. The minimum atomic E-state index is -0.369. The molecule has 8 N–H and O–H groups in total. The second-order valence-electron chi connectivity index (χ2n) is 4.57. The maximum Gasteiger partial charge on any atom is 0.280 e. The summed E-state index contributed by atoms with van der Waals surface area (Å²) in [4.78, 5) is 50.5. The van der Waals surface area contributed by atoms with Crippen molar-refractivity contribution in [2.75, 3.05) is 10.9 Å². The summed E-state index contributed by atoms with van der Waals surface area (Å²) in [7, 11) is 0. The number of anilines is 2. The summed E-state index contributed by atoms with van der Waals surface area (Å²) >= 11 is 0. The summed E-state index contributed by atoms with van der Waals surface area (Å²) in [5.41, 5.74) is 4.63. The fourth-order valence-corrected chi connectivity index (χ4v) is 1.88. The molecule has 4 rings (SSSR count). The molecule has 0 unspecified atom stereocenters. The molecule has 0 aliphatic heterocycles. The maximum atomic E-state index is 11.3. The van der Waals surface area contributed by atoms with Gasteiger partial charge in [-0.15, -0.1) is 0 Å². The van der Waals surface area contributed by atoms with Crippen molar-refractivity contribution in [2.24, 2.45) is 11.7 Å². The van der Waals surface area contributed by atoms with Crippen LogP contribution in [0.1, 0.15) is 0 Å². The lowest BCUT2D eigenvalue weighted by molar-refractivity contribution is 1.08. The summed E-state index contributed by atoms with van der Waals surface area (Å²) < 4.78 is 0. The Labute approximate surface area is 143 Å². The van der Waals surface area contributed by atoms with E-state index < -0.39 is 0 Å². The van der Waals surface area contributed by atoms with Crippen molar-refractivity contribution in [3.05, 3.63) is 45.5 Å². The molecule has 4 aromatic heterocycles. The highest BCUT2D eigenvalue weighted by Crippen LogP contribution is 2.00. The van der Waals surface area contributed by atoms with E-state index in [1.165, 1.54) is 24.8 Å². The molecule has 0 bridgehead atoms. The van der Waals surface area contributed by atoms with Crippen LogP contribution in [0, 0.1) is 0 Å². The molecule has 14 nitrogen and oxygen atoms in total. The Kier molecular flexibility index (Phi) is 4.68. The quantitative estimate of drug-likeness (QED) is 0.169. The number of aromatic amines is 2. The number of nitrogen functional groups attached to an aromatic ring is 2. The van der Waals surface area contributed by atoms with E-state index in [2.05, 4.69) is 50.7 Å². The summed E-state index contributed by atoms with van der Waals surface area (Å²) in [6.07, 6.45) is 5.76. The number of fused-ring (bicyclic) bond motifs is 2. The minimum absolute atomic E-state index is 0.165. The summed E-state index contributed by atoms with van der Waals surface area (Å²) in [6, 6.07) is 0. The molecule has 4 heterocycles. The van der Waals surface area contributed by atoms with Gasteiger partial charge in [-0.05, 0) is 0 Å². The highest BCUT2D eigenvalue weighted by molar-refractivity contribution is 5.69. The van der Waals surface area contributed by atoms with E-state index in [0.717, 1.165) is 0 Å². The number of aromatic nitrogens is 8. The average molecular weight is 356 g/mol. The van der Waals surface area contributed by atoms with E-state index in [4.69, 9.17) is 11.7 Å². The monoisotopic (exact) mass is 356 g/mol. The first-order valence-electron chi connectivity index (χ1n) is 6.97. The van der Waals surface area contributed by atoms with Gasteiger partial charge < -0.3 is 0 Å². The largest absolute Gasteiger partial charge is 0.294 e. The highest BCUT2D eigenvalue weighted by Gasteiger charge is 2.04. The van der Waals surface area contributed by atoms with Gasteiger partial charge in [-0.3, -0.25) is 30.4 Å². The molecule has 0 saturated heterocycles. The number of hydrogen-bond donors (Lipinski definition) is 6. The molecule has 0 aromatic carbocycles. The zero-order valence-electron chi connectivity index (χ0n) is 13.0. The van der Waals surface area contributed by atoms with Gasteiger partial charge in [0, 0.05) is 24.8 Å². The Morgan fingerprint density at radius 2 is 1.08 bits per heavy atom. The van der Waals surface area contributed by atoms with Crippen molar-refractivity contribution in [3.63, 3.8) is 0 Å². The zero-order valence-corrected chi connectivity index (χ0v) is 13.0. The third-order valence-corrected chi connectivity index (χ3v) is 2.96. The Hall–Kier alpha value is -4.04. The Balaban J connectivity index is 0.000000151. The van der Waals surface area contributed by atoms with Crippen LogP contribution < -0.4 is 33.7 Å². The standard InChI is InChI=1S/2C6H6N6O/c2*7-12-6-10-4-3(5(13)11-6)8-1-2-9-4/h2*1-2H,7H2,(H2,9,10,11,12,13). The molecular formula is C12H12N12O2. The van der Waals surface area contributed by atoms with Crippen LogP contribution in [0.4, 0.5) is 11.9 Å². The smallest absolute Gasteiger partial charge is 0.280 e. The van der Waals surface area contributed by atoms with Gasteiger partial charge >= 0.3 is 0 Å². The lowest BCUT2D eigenvalue weighted by Gasteiger charge is -1.98. The molecule has 0 saturated carbocycles. The van der Waals surface area contributed by atoms with E-state index >= 15 is 0 Å². The van der Waals surface area contributed by atoms with Crippen LogP contribution in [0.25, 0.3) is 22.3 Å². The van der Waals surface area contributed by atoms with Gasteiger partial charge in [-0.25, -0.2) is 31.6 Å². The lowest BCUT2D eigenvalue weighted by atomic mass is 10.5. The van der Waals surface area contributed by atoms with E-state index in [9.17, 15) is 9.59 Å². The minimum Gasteiger partial charge on any atom is -0.294 e. The molecule has 0 amide bonds. The van der Waals surface area contributed by atoms with Crippen molar-refractivity contribution >= 4 is 34.2 Å². The van der Waals surface area contributed by atoms with E-state index in [-0.39, 0.29) is 45.3 Å². The molecular weight excluding hydrogens is 344 g/mol. The van der Waals surface area contributed by atoms with Crippen molar-refractivity contribution in [2.45, 2.75) is 0 Å². The third kappa shape index (κ3) is 3.40. The lowest BCUT2D eigenvalue weighted by Crippen LogP contribution is -2.17. The number of H-pyrrole nitrogens is 2. The van der Waals surface area contributed by atoms with Gasteiger partial charge in [0.15, 0.2) is 22.3 Å². The Morgan fingerprint density at radius 1 is 0.692 bits per heavy atom. The Morgan fingerprint density at radius 3 is 1.46 bits per heavy atom. The van der Waals surface area contributed by atoms with Gasteiger partial charge in [-0.2, -0.15) is 9.97 Å². The summed E-state index contributed by atoms with van der Waals surface area (Å²) in [5.74, 6) is 10.5. The number of hydrogen-bond acceptors (Lipinski definition) is 12. The van der Waals surface area contributed by atoms with Gasteiger partial charge in [-0.1, -0.05) is 0 Å². The molecule has 0 aliphatic rings. The zero-order chi connectivity index (χ0) is 18.5. The molecule has 26 heavy (non-hydrogen) atoms. The molecule has 0 spiro atoms. The first kappa shape index (κ1) is 16.8. The Bertz CT molecular complexity index is 1080. The van der Waals surface area contributed by atoms with Crippen LogP contribution in [-0.4, -0.2) is 39.9 Å². The molecule has 132 valence electrons. The van der Waals surface area contributed by atoms with Crippen LogP contribution in [0.5, 0.6) is 0 Å². The second-order valence-corrected chi connectivity index (χ2v) is 4.57. The van der Waals surface area contributed by atoms with Crippen LogP contribution in [0.15, 0.2) is 34.4 Å². The molecule has 0 atom stereocenters. The molecule has 0 fully saturated rings. The van der Waals surface area contributed by atoms with E-state index in [0.29, 0.717) is 0 Å². The predicted molar refractivity (Wildman–Crippen MR) is 91.5 cm³/mol. The van der Waals surface area contributed by atoms with Gasteiger partial charge in [0.2, 0.25) is 11.9 Å². The van der Waals surface area contributed by atoms with Crippen molar-refractivity contribution in [3.8, 4) is 0 Å². The van der Waals surface area contributed by atoms with Crippen LogP contribution in [0.2, 0.25) is 0 Å². The van der Waals surface area contributed by atoms with Gasteiger partial charge in [0.25, 0.3) is 11.1 Å². The van der Waals surface area contributed by atoms with E-state index in [1.54, 1.807) is 0 Å². The SMILES string of the molecule is NNc1nc2nccnc2c(=O)[nH]1.NNc1nc2nccnc2c(=O)[nH]1. The van der Waals surface area contributed by atoms with Crippen molar-refractivity contribution < 1.29 is 0 Å². The molecule has 0 radical (unpaired) electrons. The van der Waals surface area contributed by atoms with E-state index in [1.807, 2.05) is 0 Å². The number of nitrogens with zero attached hydrogens (tertiary/aromatic N) is 6. The predicted octanol–water partition coefficient (Wildman–Crippen LogP) is -2.00. The van der Waals surface area contributed by atoms with Crippen LogP contribution in [0.3, 0.4) is 0 Å². The first-order chi connectivity index (χ1) is 12.6.